The van der Waals surface area contributed by atoms with Crippen molar-refractivity contribution in [3.8, 4) is 11.5 Å². The van der Waals surface area contributed by atoms with Gasteiger partial charge in [0, 0.05) is 13.1 Å². The average Bonchev–Trinajstić information content (AvgIpc) is 2.76. The largest absolute Gasteiger partial charge is 0.504 e. The zero-order valence-electron chi connectivity index (χ0n) is 21.3. The number of hydrogen-bond donors (Lipinski definition) is 4. The molecule has 0 aliphatic rings. The van der Waals surface area contributed by atoms with E-state index in [-0.39, 0.29) is 34.0 Å². The van der Waals surface area contributed by atoms with E-state index in [4.69, 9.17) is 12.6 Å². The van der Waals surface area contributed by atoms with E-state index in [0.29, 0.717) is 13.2 Å². The number of carbonyl (C=O) groups is 2. The van der Waals surface area contributed by atoms with Gasteiger partial charge in [0.2, 0.25) is 0 Å². The molecule has 0 saturated carbocycles. The number of amides is 2. The zero-order chi connectivity index (χ0) is 25.4. The molecule has 2 radical (unpaired) electrons. The predicted octanol–water partition coefficient (Wildman–Crippen LogP) is 4.33. The SMILES string of the molecule is [B]C(C)(CC)CC(C)(CC)CNC(=O)c1ccc(C(=O)NCCOC(C)(C)CC)c(O)c1O. The lowest BCUT2D eigenvalue weighted by atomic mass is 9.59. The Labute approximate surface area is 200 Å². The summed E-state index contributed by atoms with van der Waals surface area (Å²) in [6, 6.07) is 2.65. The van der Waals surface area contributed by atoms with Gasteiger partial charge in [-0.15, -0.1) is 0 Å². The van der Waals surface area contributed by atoms with Crippen LogP contribution in [0.1, 0.15) is 94.9 Å². The maximum Gasteiger partial charge on any atom is 0.255 e. The van der Waals surface area contributed by atoms with Gasteiger partial charge in [0.1, 0.15) is 0 Å². The van der Waals surface area contributed by atoms with Crippen LogP contribution in [0.4, 0.5) is 0 Å². The van der Waals surface area contributed by atoms with Gasteiger partial charge < -0.3 is 25.6 Å². The van der Waals surface area contributed by atoms with Crippen LogP contribution in [-0.4, -0.2) is 55.2 Å². The fourth-order valence-electron chi connectivity index (χ4n) is 3.44. The van der Waals surface area contributed by atoms with E-state index in [2.05, 4.69) is 17.6 Å². The van der Waals surface area contributed by atoms with Crippen LogP contribution in [0.25, 0.3) is 0 Å². The smallest absolute Gasteiger partial charge is 0.255 e. The molecule has 4 N–H and O–H groups in total. The number of hydrogen-bond acceptors (Lipinski definition) is 5. The lowest BCUT2D eigenvalue weighted by Gasteiger charge is -2.37. The number of carbonyl (C=O) groups excluding carboxylic acids is 2. The number of rotatable bonds is 13. The van der Waals surface area contributed by atoms with Crippen molar-refractivity contribution in [3.63, 3.8) is 0 Å². The highest BCUT2D eigenvalue weighted by Crippen LogP contribution is 2.41. The van der Waals surface area contributed by atoms with Crippen molar-refractivity contribution in [2.75, 3.05) is 19.7 Å². The number of aromatic hydroxyl groups is 2. The summed E-state index contributed by atoms with van der Waals surface area (Å²) in [6.45, 7) is 15.0. The number of ether oxygens (including phenoxy) is 1. The second kappa shape index (κ2) is 11.8. The van der Waals surface area contributed by atoms with E-state index in [0.717, 1.165) is 25.7 Å². The molecule has 0 aromatic heterocycles. The molecule has 0 spiro atoms. The third-order valence-electron chi connectivity index (χ3n) is 6.54. The first-order chi connectivity index (χ1) is 15.2. The van der Waals surface area contributed by atoms with Crippen molar-refractivity contribution in [2.24, 2.45) is 5.41 Å². The minimum Gasteiger partial charge on any atom is -0.504 e. The maximum absolute atomic E-state index is 12.7. The molecule has 0 aliphatic carbocycles. The quantitative estimate of drug-likeness (QED) is 0.199. The molecule has 2 atom stereocenters. The van der Waals surface area contributed by atoms with Crippen molar-refractivity contribution in [1.82, 2.24) is 10.6 Å². The number of benzene rings is 1. The lowest BCUT2D eigenvalue weighted by molar-refractivity contribution is -0.0177. The van der Waals surface area contributed by atoms with Crippen LogP contribution in [0.3, 0.4) is 0 Å². The molecule has 7 nitrogen and oxygen atoms in total. The molecule has 1 aromatic rings. The van der Waals surface area contributed by atoms with Crippen LogP contribution in [0, 0.1) is 5.41 Å². The van der Waals surface area contributed by atoms with E-state index in [1.165, 1.54) is 12.1 Å². The molecule has 0 bridgehead atoms. The fourth-order valence-corrected chi connectivity index (χ4v) is 3.44. The summed E-state index contributed by atoms with van der Waals surface area (Å²) in [7, 11) is 6.32. The summed E-state index contributed by atoms with van der Waals surface area (Å²) in [5.74, 6) is -2.35. The van der Waals surface area contributed by atoms with Gasteiger partial charge in [-0.05, 0) is 50.7 Å². The Bertz CT molecular complexity index is 825. The highest BCUT2D eigenvalue weighted by atomic mass is 16.5. The minimum atomic E-state index is -0.631. The monoisotopic (exact) mass is 460 g/mol. The molecule has 8 heteroatoms. The van der Waals surface area contributed by atoms with E-state index >= 15 is 0 Å². The van der Waals surface area contributed by atoms with Gasteiger partial charge >= 0.3 is 0 Å². The van der Waals surface area contributed by atoms with Crippen LogP contribution < -0.4 is 10.6 Å². The van der Waals surface area contributed by atoms with Crippen molar-refractivity contribution in [2.45, 2.75) is 85.1 Å². The Morgan fingerprint density at radius 3 is 1.88 bits per heavy atom. The zero-order valence-corrected chi connectivity index (χ0v) is 21.3. The van der Waals surface area contributed by atoms with Gasteiger partial charge in [-0.3, -0.25) is 9.59 Å². The molecule has 0 aliphatic heterocycles. The van der Waals surface area contributed by atoms with Gasteiger partial charge in [0.25, 0.3) is 11.8 Å². The van der Waals surface area contributed by atoms with E-state index in [1.54, 1.807) is 0 Å². The van der Waals surface area contributed by atoms with Gasteiger partial charge in [0.15, 0.2) is 11.5 Å². The molecule has 0 heterocycles. The van der Waals surface area contributed by atoms with E-state index in [1.807, 2.05) is 41.5 Å². The molecule has 1 aromatic carbocycles. The van der Waals surface area contributed by atoms with Gasteiger partial charge in [0.05, 0.1) is 31.2 Å². The van der Waals surface area contributed by atoms with E-state index < -0.39 is 23.3 Å². The Morgan fingerprint density at radius 1 is 0.909 bits per heavy atom. The maximum atomic E-state index is 12.7. The summed E-state index contributed by atoms with van der Waals surface area (Å²) in [5, 5.41) is 25.9. The van der Waals surface area contributed by atoms with Gasteiger partial charge in [-0.1, -0.05) is 46.4 Å². The Morgan fingerprint density at radius 2 is 1.42 bits per heavy atom. The topological polar surface area (TPSA) is 108 Å². The van der Waals surface area contributed by atoms with Crippen molar-refractivity contribution < 1.29 is 24.5 Å². The van der Waals surface area contributed by atoms with Crippen molar-refractivity contribution in [3.05, 3.63) is 23.3 Å². The summed E-state index contributed by atoms with van der Waals surface area (Å²) >= 11 is 0. The first-order valence-corrected chi connectivity index (χ1v) is 11.7. The number of phenolic OH excluding ortho intramolecular Hbond substituents is 2. The highest BCUT2D eigenvalue weighted by Gasteiger charge is 2.31. The average molecular weight is 460 g/mol. The lowest BCUT2D eigenvalue weighted by Crippen LogP contribution is -2.37. The first kappa shape index (κ1) is 28.8. The summed E-state index contributed by atoms with van der Waals surface area (Å²) in [6.07, 6.45) is 3.19. The highest BCUT2D eigenvalue weighted by molar-refractivity contribution is 6.14. The number of phenols is 2. The van der Waals surface area contributed by atoms with E-state index in [9.17, 15) is 19.8 Å². The molecule has 33 heavy (non-hydrogen) atoms. The molecule has 2 unspecified atom stereocenters. The van der Waals surface area contributed by atoms with Crippen LogP contribution in [0.15, 0.2) is 12.1 Å². The Kier molecular flexibility index (Phi) is 10.3. The number of nitrogens with one attached hydrogen (secondary N) is 2. The summed E-state index contributed by atoms with van der Waals surface area (Å²) in [4.78, 5) is 25.1. The molecule has 0 fully saturated rings. The predicted molar refractivity (Wildman–Crippen MR) is 132 cm³/mol. The third kappa shape index (κ3) is 8.57. The second-order valence-electron chi connectivity index (χ2n) is 10.1. The Balaban J connectivity index is 2.81. The second-order valence-corrected chi connectivity index (χ2v) is 10.1. The normalized spacial score (nSPS) is 15.4. The molecular formula is C25H41BN2O5. The van der Waals surface area contributed by atoms with Gasteiger partial charge in [-0.25, -0.2) is 0 Å². The molecule has 0 saturated heterocycles. The van der Waals surface area contributed by atoms with Crippen molar-refractivity contribution >= 4 is 19.7 Å². The van der Waals surface area contributed by atoms with Crippen molar-refractivity contribution in [1.29, 1.82) is 0 Å². The molecule has 184 valence electrons. The van der Waals surface area contributed by atoms with Crippen LogP contribution in [0.5, 0.6) is 11.5 Å². The minimum absolute atomic E-state index is 0.0958. The molecule has 1 rings (SSSR count). The van der Waals surface area contributed by atoms with Crippen LogP contribution in [-0.2, 0) is 4.74 Å². The summed E-state index contributed by atoms with van der Waals surface area (Å²) < 4.78 is 5.68. The standard InChI is InChI=1S/C25H41BN2O5/c1-8-23(4,5)33-14-13-27-21(31)17-11-12-18(20(30)19(17)29)22(32)28-16-24(6,9-2)15-25(7,26)10-3/h11-12,29-30H,8-10,13-16H2,1-7H3,(H,27,31)(H,28,32). The van der Waals surface area contributed by atoms with Crippen LogP contribution in [0.2, 0.25) is 5.31 Å². The molecular weight excluding hydrogens is 419 g/mol. The molecule has 2 amide bonds. The third-order valence-corrected chi connectivity index (χ3v) is 6.54. The Hall–Kier alpha value is -2.22. The van der Waals surface area contributed by atoms with Gasteiger partial charge in [-0.2, -0.15) is 0 Å². The first-order valence-electron chi connectivity index (χ1n) is 11.7. The summed E-state index contributed by atoms with van der Waals surface area (Å²) in [5.41, 5.74) is -0.713. The van der Waals surface area contributed by atoms with Crippen LogP contribution >= 0.6 is 0 Å². The fraction of sp³-hybridized carbons (Fsp3) is 0.680.